The Morgan fingerprint density at radius 2 is 2.08 bits per heavy atom. The first-order valence-electron chi connectivity index (χ1n) is 3.86. The second-order valence-corrected chi connectivity index (χ2v) is 2.36. The molecule has 1 rings (SSSR count). The van der Waals surface area contributed by atoms with E-state index in [0.717, 1.165) is 11.8 Å². The summed E-state index contributed by atoms with van der Waals surface area (Å²) in [7, 11) is 0. The van der Waals surface area contributed by atoms with E-state index in [1.54, 1.807) is 0 Å². The third kappa shape index (κ3) is 3.96. The molecule has 0 heterocycles. The molecular weight excluding hydrogens is 168 g/mol. The monoisotopic (exact) mass is 178 g/mol. The molecule has 0 atom stereocenters. The molecule has 0 bridgehead atoms. The highest BCUT2D eigenvalue weighted by Gasteiger charge is 1.88. The SMILES string of the molecule is O=C(O)/C=C\COc1ccccc1. The normalized spacial score (nSPS) is 10.2. The second-order valence-electron chi connectivity index (χ2n) is 2.36. The Kier molecular flexibility index (Phi) is 3.57. The predicted octanol–water partition coefficient (Wildman–Crippen LogP) is 1.71. The van der Waals surface area contributed by atoms with Gasteiger partial charge in [0.15, 0.2) is 0 Å². The zero-order chi connectivity index (χ0) is 9.52. The number of hydrogen-bond acceptors (Lipinski definition) is 2. The summed E-state index contributed by atoms with van der Waals surface area (Å²) in [4.78, 5) is 10.1. The van der Waals surface area contributed by atoms with Gasteiger partial charge in [0.2, 0.25) is 0 Å². The largest absolute Gasteiger partial charge is 0.490 e. The van der Waals surface area contributed by atoms with Crippen molar-refractivity contribution in [3.63, 3.8) is 0 Å². The number of hydrogen-bond donors (Lipinski definition) is 1. The molecule has 0 radical (unpaired) electrons. The van der Waals surface area contributed by atoms with E-state index in [1.807, 2.05) is 30.3 Å². The van der Waals surface area contributed by atoms with Crippen LogP contribution in [0.15, 0.2) is 42.5 Å². The maximum atomic E-state index is 10.1. The van der Waals surface area contributed by atoms with Gasteiger partial charge in [0.25, 0.3) is 0 Å². The van der Waals surface area contributed by atoms with Crippen LogP contribution in [0.4, 0.5) is 0 Å². The lowest BCUT2D eigenvalue weighted by Crippen LogP contribution is -1.94. The van der Waals surface area contributed by atoms with E-state index < -0.39 is 5.97 Å². The molecule has 1 aromatic rings. The molecule has 1 N–H and O–H groups in total. The molecular formula is C10H10O3. The molecule has 0 unspecified atom stereocenters. The zero-order valence-corrected chi connectivity index (χ0v) is 7.01. The quantitative estimate of drug-likeness (QED) is 0.714. The summed E-state index contributed by atoms with van der Waals surface area (Å²) in [6.45, 7) is 0.274. The zero-order valence-electron chi connectivity index (χ0n) is 7.01. The Morgan fingerprint density at radius 3 is 2.69 bits per heavy atom. The highest BCUT2D eigenvalue weighted by Crippen LogP contribution is 2.07. The molecule has 0 saturated heterocycles. The van der Waals surface area contributed by atoms with Gasteiger partial charge in [-0.05, 0) is 18.2 Å². The van der Waals surface area contributed by atoms with Crippen LogP contribution in [0.25, 0.3) is 0 Å². The number of carboxylic acid groups (broad SMARTS) is 1. The number of carboxylic acids is 1. The standard InChI is InChI=1S/C10H10O3/c11-10(12)7-4-8-13-9-5-2-1-3-6-9/h1-7H,8H2,(H,11,12)/b7-4-. The minimum Gasteiger partial charge on any atom is -0.490 e. The van der Waals surface area contributed by atoms with E-state index in [2.05, 4.69) is 0 Å². The molecule has 0 aliphatic carbocycles. The number of rotatable bonds is 4. The molecule has 0 aliphatic heterocycles. The summed E-state index contributed by atoms with van der Waals surface area (Å²) in [5, 5.41) is 8.27. The summed E-state index contributed by atoms with van der Waals surface area (Å²) in [5.41, 5.74) is 0. The van der Waals surface area contributed by atoms with Gasteiger partial charge in [-0.3, -0.25) is 0 Å². The van der Waals surface area contributed by atoms with E-state index in [0.29, 0.717) is 0 Å². The molecule has 0 saturated carbocycles. The lowest BCUT2D eigenvalue weighted by atomic mass is 10.3. The lowest BCUT2D eigenvalue weighted by Gasteiger charge is -2.00. The maximum absolute atomic E-state index is 10.1. The Morgan fingerprint density at radius 1 is 1.38 bits per heavy atom. The summed E-state index contributed by atoms with van der Waals surface area (Å²) in [5.74, 6) is -0.228. The number of benzene rings is 1. The first kappa shape index (κ1) is 9.32. The van der Waals surface area contributed by atoms with Crippen LogP contribution in [0.5, 0.6) is 5.75 Å². The average Bonchev–Trinajstić information content (AvgIpc) is 2.14. The van der Waals surface area contributed by atoms with E-state index >= 15 is 0 Å². The van der Waals surface area contributed by atoms with Gasteiger partial charge in [0, 0.05) is 6.08 Å². The summed E-state index contributed by atoms with van der Waals surface area (Å²) in [6, 6.07) is 9.23. The maximum Gasteiger partial charge on any atom is 0.328 e. The van der Waals surface area contributed by atoms with Crippen LogP contribution in [-0.2, 0) is 4.79 Å². The fourth-order valence-corrected chi connectivity index (χ4v) is 0.810. The van der Waals surface area contributed by atoms with Crippen molar-refractivity contribution in [3.8, 4) is 5.75 Å². The van der Waals surface area contributed by atoms with Gasteiger partial charge in [0.1, 0.15) is 12.4 Å². The molecule has 0 aliphatic rings. The van der Waals surface area contributed by atoms with Crippen molar-refractivity contribution in [1.82, 2.24) is 0 Å². The smallest absolute Gasteiger partial charge is 0.328 e. The van der Waals surface area contributed by atoms with Crippen LogP contribution in [0.2, 0.25) is 0 Å². The summed E-state index contributed by atoms with van der Waals surface area (Å²) >= 11 is 0. The molecule has 3 nitrogen and oxygen atoms in total. The van der Waals surface area contributed by atoms with Crippen molar-refractivity contribution in [2.75, 3.05) is 6.61 Å². The van der Waals surface area contributed by atoms with Gasteiger partial charge in [-0.15, -0.1) is 0 Å². The fraction of sp³-hybridized carbons (Fsp3) is 0.100. The van der Waals surface area contributed by atoms with Crippen molar-refractivity contribution in [3.05, 3.63) is 42.5 Å². The van der Waals surface area contributed by atoms with Crippen LogP contribution < -0.4 is 4.74 Å². The minimum absolute atomic E-state index is 0.274. The topological polar surface area (TPSA) is 46.5 Å². The van der Waals surface area contributed by atoms with Gasteiger partial charge >= 0.3 is 5.97 Å². The van der Waals surface area contributed by atoms with Gasteiger partial charge in [-0.2, -0.15) is 0 Å². The van der Waals surface area contributed by atoms with Crippen molar-refractivity contribution in [2.45, 2.75) is 0 Å². The van der Waals surface area contributed by atoms with Crippen LogP contribution in [0.3, 0.4) is 0 Å². The number of aliphatic carboxylic acids is 1. The number of ether oxygens (including phenoxy) is 1. The van der Waals surface area contributed by atoms with E-state index in [9.17, 15) is 4.79 Å². The number of para-hydroxylation sites is 1. The van der Waals surface area contributed by atoms with E-state index in [1.165, 1.54) is 6.08 Å². The molecule has 1 aromatic carbocycles. The van der Waals surface area contributed by atoms with Crippen molar-refractivity contribution < 1.29 is 14.6 Å². The Labute approximate surface area is 76.3 Å². The van der Waals surface area contributed by atoms with Gasteiger partial charge in [0.05, 0.1) is 0 Å². The molecule has 0 fully saturated rings. The van der Waals surface area contributed by atoms with Gasteiger partial charge in [-0.1, -0.05) is 18.2 Å². The highest BCUT2D eigenvalue weighted by molar-refractivity contribution is 5.79. The van der Waals surface area contributed by atoms with Crippen LogP contribution in [-0.4, -0.2) is 17.7 Å². The first-order valence-corrected chi connectivity index (χ1v) is 3.86. The number of carbonyl (C=O) groups is 1. The van der Waals surface area contributed by atoms with E-state index in [-0.39, 0.29) is 6.61 Å². The second kappa shape index (κ2) is 4.98. The summed E-state index contributed by atoms with van der Waals surface area (Å²) in [6.07, 6.45) is 2.51. The van der Waals surface area contributed by atoms with Gasteiger partial charge < -0.3 is 9.84 Å². The molecule has 3 heteroatoms. The molecule has 13 heavy (non-hydrogen) atoms. The fourth-order valence-electron chi connectivity index (χ4n) is 0.810. The average molecular weight is 178 g/mol. The van der Waals surface area contributed by atoms with Crippen molar-refractivity contribution >= 4 is 5.97 Å². The first-order chi connectivity index (χ1) is 6.29. The van der Waals surface area contributed by atoms with Crippen LogP contribution in [0.1, 0.15) is 0 Å². The van der Waals surface area contributed by atoms with Crippen LogP contribution in [0, 0.1) is 0 Å². The van der Waals surface area contributed by atoms with Crippen molar-refractivity contribution in [2.24, 2.45) is 0 Å². The lowest BCUT2D eigenvalue weighted by molar-refractivity contribution is -0.131. The Balaban J connectivity index is 2.32. The third-order valence-electron chi connectivity index (χ3n) is 1.35. The summed E-state index contributed by atoms with van der Waals surface area (Å²) < 4.78 is 5.21. The van der Waals surface area contributed by atoms with E-state index in [4.69, 9.17) is 9.84 Å². The van der Waals surface area contributed by atoms with Gasteiger partial charge in [-0.25, -0.2) is 4.79 Å². The minimum atomic E-state index is -0.961. The molecule has 0 spiro atoms. The van der Waals surface area contributed by atoms with Crippen LogP contribution >= 0.6 is 0 Å². The Bertz CT molecular complexity index is 290. The highest BCUT2D eigenvalue weighted by atomic mass is 16.5. The molecule has 0 aromatic heterocycles. The molecule has 0 amide bonds. The van der Waals surface area contributed by atoms with Crippen molar-refractivity contribution in [1.29, 1.82) is 0 Å². The Hall–Kier alpha value is -1.77. The predicted molar refractivity (Wildman–Crippen MR) is 48.7 cm³/mol. The third-order valence-corrected chi connectivity index (χ3v) is 1.35. The molecule has 68 valence electrons.